The van der Waals surface area contributed by atoms with Gasteiger partial charge in [-0.3, -0.25) is 0 Å². The van der Waals surface area contributed by atoms with Gasteiger partial charge in [0, 0.05) is 6.07 Å². The van der Waals surface area contributed by atoms with Crippen LogP contribution in [0.5, 0.6) is 5.75 Å². The lowest BCUT2D eigenvalue weighted by molar-refractivity contribution is 0.372. The number of hydrogen-bond acceptors (Lipinski definition) is 2. The Labute approximate surface area is 101 Å². The van der Waals surface area contributed by atoms with E-state index in [1.807, 2.05) is 13.8 Å². The summed E-state index contributed by atoms with van der Waals surface area (Å²) in [6.45, 7) is 4.51. The maximum absolute atomic E-state index is 13.7. The Morgan fingerprint density at radius 1 is 1.24 bits per heavy atom. The van der Waals surface area contributed by atoms with Gasteiger partial charge in [-0.25, -0.2) is 8.78 Å². The molecule has 0 bridgehead atoms. The van der Waals surface area contributed by atoms with Gasteiger partial charge in [0.05, 0.1) is 7.11 Å². The van der Waals surface area contributed by atoms with Gasteiger partial charge >= 0.3 is 0 Å². The zero-order valence-electron chi connectivity index (χ0n) is 10.5. The van der Waals surface area contributed by atoms with E-state index in [4.69, 9.17) is 10.5 Å². The molecule has 17 heavy (non-hydrogen) atoms. The van der Waals surface area contributed by atoms with Crippen LogP contribution in [0.2, 0.25) is 0 Å². The molecule has 1 aromatic carbocycles. The smallest absolute Gasteiger partial charge is 0.165 e. The van der Waals surface area contributed by atoms with E-state index in [1.54, 1.807) is 0 Å². The van der Waals surface area contributed by atoms with Crippen molar-refractivity contribution in [3.8, 4) is 5.75 Å². The molecule has 1 unspecified atom stereocenters. The summed E-state index contributed by atoms with van der Waals surface area (Å²) < 4.78 is 31.9. The molecule has 0 aliphatic rings. The minimum atomic E-state index is -0.538. The Bertz CT molecular complexity index is 380. The van der Waals surface area contributed by atoms with Crippen molar-refractivity contribution in [1.82, 2.24) is 0 Å². The Hall–Kier alpha value is -1.16. The van der Waals surface area contributed by atoms with E-state index < -0.39 is 11.6 Å². The summed E-state index contributed by atoms with van der Waals surface area (Å²) >= 11 is 0. The maximum atomic E-state index is 13.7. The third-order valence-corrected chi connectivity index (χ3v) is 3.05. The highest BCUT2D eigenvalue weighted by atomic mass is 19.1. The number of nitrogens with two attached hydrogens (primary N) is 1. The number of halogens is 2. The summed E-state index contributed by atoms with van der Waals surface area (Å²) in [5.74, 6) is -0.562. The minimum Gasteiger partial charge on any atom is -0.494 e. The van der Waals surface area contributed by atoms with Crippen LogP contribution in [0, 0.1) is 23.5 Å². The monoisotopic (exact) mass is 243 g/mol. The third kappa shape index (κ3) is 3.40. The lowest BCUT2D eigenvalue weighted by atomic mass is 9.89. The molecular formula is C13H19F2NO. The van der Waals surface area contributed by atoms with E-state index in [0.29, 0.717) is 24.4 Å². The molecule has 0 fully saturated rings. The minimum absolute atomic E-state index is 0.0694. The maximum Gasteiger partial charge on any atom is 0.165 e. The van der Waals surface area contributed by atoms with Crippen molar-refractivity contribution in [3.05, 3.63) is 29.3 Å². The summed E-state index contributed by atoms with van der Waals surface area (Å²) in [6, 6.07) is 2.28. The first-order valence-electron chi connectivity index (χ1n) is 5.71. The van der Waals surface area contributed by atoms with Gasteiger partial charge in [-0.15, -0.1) is 0 Å². The van der Waals surface area contributed by atoms with Crippen molar-refractivity contribution in [2.45, 2.75) is 20.3 Å². The number of methoxy groups -OCH3 is 1. The van der Waals surface area contributed by atoms with E-state index >= 15 is 0 Å². The summed E-state index contributed by atoms with van der Waals surface area (Å²) in [4.78, 5) is 0. The fraction of sp³-hybridized carbons (Fsp3) is 0.538. The van der Waals surface area contributed by atoms with Crippen LogP contribution in [0.4, 0.5) is 8.78 Å². The molecule has 96 valence electrons. The van der Waals surface area contributed by atoms with Crippen molar-refractivity contribution in [2.24, 2.45) is 17.6 Å². The van der Waals surface area contributed by atoms with Gasteiger partial charge in [-0.1, -0.05) is 13.8 Å². The van der Waals surface area contributed by atoms with Gasteiger partial charge in [0.1, 0.15) is 5.82 Å². The van der Waals surface area contributed by atoms with E-state index in [0.717, 1.165) is 6.07 Å². The van der Waals surface area contributed by atoms with Crippen LogP contribution < -0.4 is 10.5 Å². The number of rotatable bonds is 5. The van der Waals surface area contributed by atoms with Crippen molar-refractivity contribution in [2.75, 3.05) is 13.7 Å². The Morgan fingerprint density at radius 3 is 2.35 bits per heavy atom. The zero-order valence-corrected chi connectivity index (χ0v) is 10.5. The Kier molecular flexibility index (Phi) is 4.87. The van der Waals surface area contributed by atoms with E-state index in [1.165, 1.54) is 13.2 Å². The Balaban J connectivity index is 2.95. The van der Waals surface area contributed by atoms with Crippen LogP contribution >= 0.6 is 0 Å². The lowest BCUT2D eigenvalue weighted by Gasteiger charge is -2.19. The predicted molar refractivity (Wildman–Crippen MR) is 64.0 cm³/mol. The topological polar surface area (TPSA) is 35.2 Å². The van der Waals surface area contributed by atoms with Gasteiger partial charge in [0.15, 0.2) is 11.6 Å². The first-order chi connectivity index (χ1) is 7.99. The second-order valence-electron chi connectivity index (χ2n) is 4.52. The largest absolute Gasteiger partial charge is 0.494 e. The van der Waals surface area contributed by atoms with Crippen LogP contribution in [0.1, 0.15) is 19.4 Å². The van der Waals surface area contributed by atoms with Crippen LogP contribution in [0.15, 0.2) is 12.1 Å². The fourth-order valence-electron chi connectivity index (χ4n) is 1.76. The van der Waals surface area contributed by atoms with Crippen molar-refractivity contribution >= 4 is 0 Å². The standard InChI is InChI=1S/C13H19F2NO/c1-8(2)10(7-16)4-9-5-12(15)13(17-3)6-11(9)14/h5-6,8,10H,4,7,16H2,1-3H3. The van der Waals surface area contributed by atoms with Crippen LogP contribution in [0.3, 0.4) is 0 Å². The molecule has 1 aromatic rings. The Morgan fingerprint density at radius 2 is 1.88 bits per heavy atom. The highest BCUT2D eigenvalue weighted by Gasteiger charge is 2.17. The molecular weight excluding hydrogens is 224 g/mol. The van der Waals surface area contributed by atoms with Crippen LogP contribution in [0.25, 0.3) is 0 Å². The van der Waals surface area contributed by atoms with Crippen LogP contribution in [-0.4, -0.2) is 13.7 Å². The number of benzene rings is 1. The van der Waals surface area contributed by atoms with Crippen molar-refractivity contribution in [3.63, 3.8) is 0 Å². The lowest BCUT2D eigenvalue weighted by Crippen LogP contribution is -2.22. The van der Waals surface area contributed by atoms with Gasteiger partial charge in [-0.2, -0.15) is 0 Å². The summed E-state index contributed by atoms with van der Waals surface area (Å²) in [5.41, 5.74) is 5.98. The summed E-state index contributed by atoms with van der Waals surface area (Å²) in [6.07, 6.45) is 0.445. The van der Waals surface area contributed by atoms with Crippen molar-refractivity contribution in [1.29, 1.82) is 0 Å². The molecule has 0 aromatic heterocycles. The zero-order chi connectivity index (χ0) is 13.0. The SMILES string of the molecule is COc1cc(F)c(CC(CN)C(C)C)cc1F. The highest BCUT2D eigenvalue weighted by Crippen LogP contribution is 2.24. The summed E-state index contributed by atoms with van der Waals surface area (Å²) in [7, 11) is 1.31. The molecule has 0 aliphatic carbocycles. The molecule has 0 saturated carbocycles. The average Bonchev–Trinajstić information content (AvgIpc) is 2.29. The molecule has 0 amide bonds. The third-order valence-electron chi connectivity index (χ3n) is 3.05. The highest BCUT2D eigenvalue weighted by molar-refractivity contribution is 5.31. The van der Waals surface area contributed by atoms with E-state index in [2.05, 4.69) is 0 Å². The first-order valence-corrected chi connectivity index (χ1v) is 5.71. The molecule has 2 N–H and O–H groups in total. The fourth-order valence-corrected chi connectivity index (χ4v) is 1.76. The molecule has 2 nitrogen and oxygen atoms in total. The molecule has 1 rings (SSSR count). The predicted octanol–water partition coefficient (Wildman–Crippen LogP) is 2.75. The van der Waals surface area contributed by atoms with Crippen molar-refractivity contribution < 1.29 is 13.5 Å². The molecule has 1 atom stereocenters. The normalized spacial score (nSPS) is 12.9. The molecule has 4 heteroatoms. The number of ether oxygens (including phenoxy) is 1. The molecule has 0 saturated heterocycles. The quantitative estimate of drug-likeness (QED) is 0.863. The second-order valence-corrected chi connectivity index (χ2v) is 4.52. The average molecular weight is 243 g/mol. The number of hydrogen-bond donors (Lipinski definition) is 1. The van der Waals surface area contributed by atoms with Gasteiger partial charge in [0.2, 0.25) is 0 Å². The van der Waals surface area contributed by atoms with E-state index in [9.17, 15) is 8.78 Å². The first kappa shape index (κ1) is 13.9. The molecule has 0 aliphatic heterocycles. The molecule has 0 radical (unpaired) electrons. The van der Waals surface area contributed by atoms with Gasteiger partial charge in [0.25, 0.3) is 0 Å². The van der Waals surface area contributed by atoms with Crippen LogP contribution in [-0.2, 0) is 6.42 Å². The molecule has 0 heterocycles. The second kappa shape index (κ2) is 5.96. The van der Waals surface area contributed by atoms with Gasteiger partial charge in [-0.05, 0) is 36.4 Å². The van der Waals surface area contributed by atoms with Gasteiger partial charge < -0.3 is 10.5 Å². The summed E-state index contributed by atoms with van der Waals surface area (Å²) in [5, 5.41) is 0. The molecule has 0 spiro atoms. The van der Waals surface area contributed by atoms with E-state index in [-0.39, 0.29) is 11.7 Å².